The van der Waals surface area contributed by atoms with E-state index in [2.05, 4.69) is 39.8 Å². The Bertz CT molecular complexity index is 587. The lowest BCUT2D eigenvalue weighted by Crippen LogP contribution is -2.50. The van der Waals surface area contributed by atoms with Crippen LogP contribution in [0.4, 0.5) is 0 Å². The number of fused-ring (bicyclic) bond motifs is 5. The normalized spacial score (nSPS) is 49.9. The van der Waals surface area contributed by atoms with Crippen molar-refractivity contribution >= 4 is 0 Å². The fraction of sp³-hybridized carbons (Fsp3) is 0.833. The molecule has 1 heteroatoms. The maximum Gasteiger partial charge on any atom is 0.0577 e. The van der Waals surface area contributed by atoms with E-state index in [0.717, 1.165) is 36.5 Å². The van der Waals surface area contributed by atoms with E-state index in [9.17, 15) is 5.11 Å². The van der Waals surface area contributed by atoms with Crippen LogP contribution in [-0.2, 0) is 0 Å². The Kier molecular flexibility index (Phi) is 4.46. The van der Waals surface area contributed by atoms with Crippen LogP contribution in [0.15, 0.2) is 23.3 Å². The van der Waals surface area contributed by atoms with Gasteiger partial charge < -0.3 is 5.11 Å². The topological polar surface area (TPSA) is 20.2 Å². The summed E-state index contributed by atoms with van der Waals surface area (Å²) < 4.78 is 0. The SMILES string of the molecule is CC/C=C(\C)[C@H]1CCC2C3CC=C4C[C@@H](O)CC[C@]4(C)C3CC[C@@]21C. The Morgan fingerprint density at radius 1 is 1.16 bits per heavy atom. The van der Waals surface area contributed by atoms with E-state index in [0.29, 0.717) is 10.8 Å². The number of allylic oxidation sites excluding steroid dienone is 3. The van der Waals surface area contributed by atoms with Gasteiger partial charge in [0.2, 0.25) is 0 Å². The molecule has 1 N–H and O–H groups in total. The number of hydrogen-bond acceptors (Lipinski definition) is 1. The van der Waals surface area contributed by atoms with Crippen molar-refractivity contribution in [3.63, 3.8) is 0 Å². The van der Waals surface area contributed by atoms with Crippen molar-refractivity contribution in [1.29, 1.82) is 0 Å². The molecule has 25 heavy (non-hydrogen) atoms. The zero-order valence-electron chi connectivity index (χ0n) is 16.9. The zero-order chi connectivity index (χ0) is 17.8. The van der Waals surface area contributed by atoms with Crippen LogP contribution in [0.2, 0.25) is 0 Å². The molecule has 140 valence electrons. The second-order valence-corrected chi connectivity index (χ2v) is 10.2. The van der Waals surface area contributed by atoms with Gasteiger partial charge >= 0.3 is 0 Å². The van der Waals surface area contributed by atoms with Gasteiger partial charge in [0.1, 0.15) is 0 Å². The fourth-order valence-electron chi connectivity index (χ4n) is 7.85. The lowest BCUT2D eigenvalue weighted by atomic mass is 9.47. The summed E-state index contributed by atoms with van der Waals surface area (Å²) >= 11 is 0. The number of aliphatic hydroxyl groups excluding tert-OH is 1. The molecule has 4 rings (SSSR count). The monoisotopic (exact) mass is 342 g/mol. The third kappa shape index (κ3) is 2.59. The maximum atomic E-state index is 10.1. The van der Waals surface area contributed by atoms with E-state index in [1.807, 2.05) is 0 Å². The fourth-order valence-corrected chi connectivity index (χ4v) is 7.85. The number of rotatable bonds is 2. The molecule has 1 nitrogen and oxygen atoms in total. The van der Waals surface area contributed by atoms with Crippen molar-refractivity contribution in [1.82, 2.24) is 0 Å². The molecule has 7 atom stereocenters. The van der Waals surface area contributed by atoms with E-state index in [4.69, 9.17) is 0 Å². The van der Waals surface area contributed by atoms with E-state index in [-0.39, 0.29) is 6.10 Å². The Morgan fingerprint density at radius 3 is 2.72 bits per heavy atom. The molecule has 3 fully saturated rings. The highest BCUT2D eigenvalue weighted by Gasteiger charge is 2.58. The minimum absolute atomic E-state index is 0.0811. The first-order valence-corrected chi connectivity index (χ1v) is 10.9. The summed E-state index contributed by atoms with van der Waals surface area (Å²) in [5, 5.41) is 10.1. The van der Waals surface area contributed by atoms with E-state index in [1.54, 1.807) is 11.1 Å². The predicted octanol–water partition coefficient (Wildman–Crippen LogP) is 6.28. The van der Waals surface area contributed by atoms with E-state index >= 15 is 0 Å². The molecule has 4 aliphatic rings. The second kappa shape index (κ2) is 6.25. The van der Waals surface area contributed by atoms with Gasteiger partial charge in [-0.05, 0) is 99.2 Å². The minimum atomic E-state index is -0.0811. The van der Waals surface area contributed by atoms with Crippen LogP contribution in [0.1, 0.15) is 85.5 Å². The lowest BCUT2D eigenvalue weighted by Gasteiger charge is -2.58. The van der Waals surface area contributed by atoms with Crippen molar-refractivity contribution in [3.8, 4) is 0 Å². The van der Waals surface area contributed by atoms with Gasteiger partial charge in [0.15, 0.2) is 0 Å². The molecule has 0 aromatic heterocycles. The van der Waals surface area contributed by atoms with Gasteiger partial charge in [-0.1, -0.05) is 44.1 Å². The molecule has 0 aromatic carbocycles. The van der Waals surface area contributed by atoms with Crippen molar-refractivity contribution in [2.75, 3.05) is 0 Å². The van der Waals surface area contributed by atoms with Gasteiger partial charge in [-0.15, -0.1) is 0 Å². The Morgan fingerprint density at radius 2 is 1.96 bits per heavy atom. The molecule has 0 radical (unpaired) electrons. The molecule has 0 aromatic rings. The quantitative estimate of drug-likeness (QED) is 0.585. The molecular formula is C24H38O. The van der Waals surface area contributed by atoms with Crippen molar-refractivity contribution in [2.45, 2.75) is 91.6 Å². The van der Waals surface area contributed by atoms with Crippen molar-refractivity contribution < 1.29 is 5.11 Å². The van der Waals surface area contributed by atoms with Gasteiger partial charge in [-0.2, -0.15) is 0 Å². The largest absolute Gasteiger partial charge is 0.393 e. The highest BCUT2D eigenvalue weighted by Crippen LogP contribution is 2.67. The van der Waals surface area contributed by atoms with E-state index < -0.39 is 0 Å². The van der Waals surface area contributed by atoms with Crippen molar-refractivity contribution in [3.05, 3.63) is 23.3 Å². The lowest BCUT2D eigenvalue weighted by molar-refractivity contribution is -0.0454. The summed E-state index contributed by atoms with van der Waals surface area (Å²) in [6, 6.07) is 0. The summed E-state index contributed by atoms with van der Waals surface area (Å²) in [5.74, 6) is 3.50. The van der Waals surface area contributed by atoms with Crippen LogP contribution in [-0.4, -0.2) is 11.2 Å². The molecule has 0 heterocycles. The molecule has 3 saturated carbocycles. The first-order valence-electron chi connectivity index (χ1n) is 10.9. The second-order valence-electron chi connectivity index (χ2n) is 10.2. The van der Waals surface area contributed by atoms with Crippen LogP contribution in [0.25, 0.3) is 0 Å². The van der Waals surface area contributed by atoms with Gasteiger partial charge in [0, 0.05) is 0 Å². The summed E-state index contributed by atoms with van der Waals surface area (Å²) in [6.07, 6.45) is 16.3. The van der Waals surface area contributed by atoms with Crippen LogP contribution in [0.3, 0.4) is 0 Å². The summed E-state index contributed by atoms with van der Waals surface area (Å²) in [7, 11) is 0. The molecule has 0 amide bonds. The standard InChI is InChI=1S/C24H38O/c1-5-6-16(2)20-9-10-21-19-8-7-17-15-18(25)11-13-23(17,3)22(19)12-14-24(20,21)4/h6-7,18-22,25H,5,8-15H2,1-4H3/b16-6+/t18-,19?,20+,21?,22?,23-,24+/m0/s1. The van der Waals surface area contributed by atoms with Crippen LogP contribution >= 0.6 is 0 Å². The first kappa shape index (κ1) is 17.8. The van der Waals surface area contributed by atoms with Crippen LogP contribution in [0.5, 0.6) is 0 Å². The van der Waals surface area contributed by atoms with E-state index in [1.165, 1.54) is 44.9 Å². The molecule has 0 spiro atoms. The molecule has 0 bridgehead atoms. The summed E-state index contributed by atoms with van der Waals surface area (Å²) in [6.45, 7) is 9.85. The Labute approximate surface area is 155 Å². The maximum absolute atomic E-state index is 10.1. The van der Waals surface area contributed by atoms with Gasteiger partial charge in [-0.3, -0.25) is 0 Å². The number of hydrogen-bond donors (Lipinski definition) is 1. The summed E-state index contributed by atoms with van der Waals surface area (Å²) in [5.41, 5.74) is 4.19. The van der Waals surface area contributed by atoms with Crippen LogP contribution in [0, 0.1) is 34.5 Å². The van der Waals surface area contributed by atoms with Gasteiger partial charge in [0.25, 0.3) is 0 Å². The highest BCUT2D eigenvalue weighted by molar-refractivity contribution is 5.26. The third-order valence-corrected chi connectivity index (χ3v) is 9.15. The molecular weight excluding hydrogens is 304 g/mol. The van der Waals surface area contributed by atoms with Crippen molar-refractivity contribution in [2.24, 2.45) is 34.5 Å². The molecule has 3 unspecified atom stereocenters. The highest BCUT2D eigenvalue weighted by atomic mass is 16.3. The first-order chi connectivity index (χ1) is 11.9. The average Bonchev–Trinajstić information content (AvgIpc) is 2.93. The number of aliphatic hydroxyl groups is 1. The molecule has 0 aliphatic heterocycles. The van der Waals surface area contributed by atoms with Gasteiger partial charge in [-0.25, -0.2) is 0 Å². The predicted molar refractivity (Wildman–Crippen MR) is 105 cm³/mol. The summed E-state index contributed by atoms with van der Waals surface area (Å²) in [4.78, 5) is 0. The average molecular weight is 343 g/mol. The third-order valence-electron chi connectivity index (χ3n) is 9.15. The Hall–Kier alpha value is -0.560. The van der Waals surface area contributed by atoms with Crippen LogP contribution < -0.4 is 0 Å². The molecule has 0 saturated heterocycles. The van der Waals surface area contributed by atoms with Gasteiger partial charge in [0.05, 0.1) is 6.10 Å². The minimum Gasteiger partial charge on any atom is -0.393 e. The zero-order valence-corrected chi connectivity index (χ0v) is 16.9. The molecule has 4 aliphatic carbocycles. The Balaban J connectivity index is 1.63. The smallest absolute Gasteiger partial charge is 0.0577 e.